The third-order valence-corrected chi connectivity index (χ3v) is 1.45. The molecule has 0 aliphatic heterocycles. The fourth-order valence-electron chi connectivity index (χ4n) is 0.749. The molecule has 0 saturated heterocycles. The summed E-state index contributed by atoms with van der Waals surface area (Å²) >= 11 is 0. The zero-order chi connectivity index (χ0) is 10.3. The van der Waals surface area contributed by atoms with Gasteiger partial charge >= 0.3 is 5.97 Å². The average Bonchev–Trinajstić information content (AvgIpc) is 2.14. The summed E-state index contributed by atoms with van der Waals surface area (Å²) in [6, 6.07) is 0. The quantitative estimate of drug-likeness (QED) is 0.368. The molecule has 76 valence electrons. The van der Waals surface area contributed by atoms with E-state index in [0.29, 0.717) is 12.2 Å². The van der Waals surface area contributed by atoms with Crippen LogP contribution in [0.5, 0.6) is 0 Å². The molecule has 0 heterocycles. The number of hydrogen-bond acceptors (Lipinski definition) is 4. The molecule has 0 atom stereocenters. The number of carbonyl (C=O) groups excluding carboxylic acids is 1. The van der Waals surface area contributed by atoms with Crippen LogP contribution in [0.4, 0.5) is 0 Å². The molecule has 13 heavy (non-hydrogen) atoms. The van der Waals surface area contributed by atoms with Crippen LogP contribution in [0.1, 0.15) is 13.8 Å². The minimum Gasteiger partial charge on any atom is -0.463 e. The minimum absolute atomic E-state index is 0.346. The van der Waals surface area contributed by atoms with E-state index >= 15 is 0 Å². The molecular weight excluding hydrogens is 172 g/mol. The Labute approximate surface area is 78.5 Å². The van der Waals surface area contributed by atoms with Gasteiger partial charge in [0.15, 0.2) is 6.29 Å². The Balaban J connectivity index is 4.20. The first-order chi connectivity index (χ1) is 6.15. The van der Waals surface area contributed by atoms with E-state index < -0.39 is 6.29 Å². The van der Waals surface area contributed by atoms with Crippen LogP contribution in [0, 0.1) is 0 Å². The molecule has 0 bridgehead atoms. The van der Waals surface area contributed by atoms with E-state index in [9.17, 15) is 4.79 Å². The lowest BCUT2D eigenvalue weighted by molar-refractivity contribution is -0.138. The first-order valence-corrected chi connectivity index (χ1v) is 4.06. The normalized spacial score (nSPS) is 11.9. The van der Waals surface area contributed by atoms with Gasteiger partial charge in [-0.25, -0.2) is 4.79 Å². The number of hydrogen-bond donors (Lipinski definition) is 0. The van der Waals surface area contributed by atoms with Crippen LogP contribution < -0.4 is 0 Å². The van der Waals surface area contributed by atoms with E-state index in [1.54, 1.807) is 19.9 Å². The van der Waals surface area contributed by atoms with E-state index in [4.69, 9.17) is 14.2 Å². The largest absolute Gasteiger partial charge is 0.463 e. The van der Waals surface area contributed by atoms with Gasteiger partial charge < -0.3 is 14.2 Å². The zero-order valence-corrected chi connectivity index (χ0v) is 8.49. The SMILES string of the molecule is CCOC(=O)/C(C)=C\C(OC)OC. The lowest BCUT2D eigenvalue weighted by atomic mass is 10.3. The Morgan fingerprint density at radius 3 is 2.31 bits per heavy atom. The Morgan fingerprint density at radius 2 is 1.92 bits per heavy atom. The van der Waals surface area contributed by atoms with Crippen LogP contribution in [-0.2, 0) is 19.0 Å². The number of methoxy groups -OCH3 is 2. The van der Waals surface area contributed by atoms with Gasteiger partial charge in [0.2, 0.25) is 0 Å². The third-order valence-electron chi connectivity index (χ3n) is 1.45. The second kappa shape index (κ2) is 6.62. The van der Waals surface area contributed by atoms with Crippen molar-refractivity contribution in [1.82, 2.24) is 0 Å². The fraction of sp³-hybridized carbons (Fsp3) is 0.667. The van der Waals surface area contributed by atoms with Crippen molar-refractivity contribution >= 4 is 5.97 Å². The van der Waals surface area contributed by atoms with Crippen molar-refractivity contribution in [1.29, 1.82) is 0 Å². The molecule has 0 amide bonds. The molecule has 0 radical (unpaired) electrons. The van der Waals surface area contributed by atoms with Gasteiger partial charge in [-0.15, -0.1) is 0 Å². The molecule has 0 fully saturated rings. The van der Waals surface area contributed by atoms with Gasteiger partial charge in [-0.2, -0.15) is 0 Å². The van der Waals surface area contributed by atoms with Crippen molar-refractivity contribution in [3.05, 3.63) is 11.6 Å². The molecule has 0 unspecified atom stereocenters. The van der Waals surface area contributed by atoms with Gasteiger partial charge in [-0.05, 0) is 19.9 Å². The van der Waals surface area contributed by atoms with Gasteiger partial charge in [-0.1, -0.05) is 0 Å². The monoisotopic (exact) mass is 188 g/mol. The molecule has 0 spiro atoms. The van der Waals surface area contributed by atoms with Crippen LogP contribution in [0.2, 0.25) is 0 Å². The highest BCUT2D eigenvalue weighted by Gasteiger charge is 2.08. The number of ether oxygens (including phenoxy) is 3. The summed E-state index contributed by atoms with van der Waals surface area (Å²) in [4.78, 5) is 11.1. The van der Waals surface area contributed by atoms with Crippen LogP contribution in [0.15, 0.2) is 11.6 Å². The Bertz CT molecular complexity index is 182. The van der Waals surface area contributed by atoms with Crippen LogP contribution in [-0.4, -0.2) is 33.1 Å². The molecule has 0 aromatic carbocycles. The second-order valence-corrected chi connectivity index (χ2v) is 2.41. The maximum atomic E-state index is 11.1. The molecule has 4 nitrogen and oxygen atoms in total. The van der Waals surface area contributed by atoms with Crippen LogP contribution in [0.25, 0.3) is 0 Å². The van der Waals surface area contributed by atoms with Crippen molar-refractivity contribution in [3.8, 4) is 0 Å². The molecule has 0 rings (SSSR count). The Hall–Kier alpha value is -0.870. The van der Waals surface area contributed by atoms with Gasteiger partial charge in [-0.3, -0.25) is 0 Å². The molecule has 0 N–H and O–H groups in total. The summed E-state index contributed by atoms with van der Waals surface area (Å²) in [6.07, 6.45) is 1.07. The summed E-state index contributed by atoms with van der Waals surface area (Å²) in [5.74, 6) is -0.346. The molecule has 0 aliphatic rings. The van der Waals surface area contributed by atoms with Crippen molar-refractivity contribution in [3.63, 3.8) is 0 Å². The van der Waals surface area contributed by atoms with Crippen molar-refractivity contribution in [2.45, 2.75) is 20.1 Å². The molecule has 0 aromatic rings. The standard InChI is InChI=1S/C9H16O4/c1-5-13-9(10)7(2)6-8(11-3)12-4/h6,8H,5H2,1-4H3/b7-6-. The summed E-state index contributed by atoms with van der Waals surface area (Å²) < 4.78 is 14.6. The molecule has 0 saturated carbocycles. The summed E-state index contributed by atoms with van der Waals surface area (Å²) in [6.45, 7) is 3.78. The summed E-state index contributed by atoms with van der Waals surface area (Å²) in [7, 11) is 3.01. The highest BCUT2D eigenvalue weighted by molar-refractivity contribution is 5.87. The summed E-state index contributed by atoms with van der Waals surface area (Å²) in [5, 5.41) is 0. The zero-order valence-electron chi connectivity index (χ0n) is 8.49. The van der Waals surface area contributed by atoms with E-state index in [0.717, 1.165) is 0 Å². The van der Waals surface area contributed by atoms with Gasteiger partial charge in [0, 0.05) is 19.8 Å². The fourth-order valence-corrected chi connectivity index (χ4v) is 0.749. The van der Waals surface area contributed by atoms with Crippen LogP contribution in [0.3, 0.4) is 0 Å². The number of rotatable bonds is 5. The van der Waals surface area contributed by atoms with Crippen LogP contribution >= 0.6 is 0 Å². The smallest absolute Gasteiger partial charge is 0.333 e. The van der Waals surface area contributed by atoms with Crippen molar-refractivity contribution in [2.24, 2.45) is 0 Å². The molecular formula is C9H16O4. The maximum absolute atomic E-state index is 11.1. The van der Waals surface area contributed by atoms with Gasteiger partial charge in [0.1, 0.15) is 0 Å². The first-order valence-electron chi connectivity index (χ1n) is 4.06. The lowest BCUT2D eigenvalue weighted by Crippen LogP contribution is -2.13. The van der Waals surface area contributed by atoms with Crippen molar-refractivity contribution < 1.29 is 19.0 Å². The lowest BCUT2D eigenvalue weighted by Gasteiger charge is -2.09. The predicted octanol–water partition coefficient (Wildman–Crippen LogP) is 1.11. The predicted molar refractivity (Wildman–Crippen MR) is 48.2 cm³/mol. The topological polar surface area (TPSA) is 44.8 Å². The van der Waals surface area contributed by atoms with E-state index in [2.05, 4.69) is 0 Å². The molecule has 0 aliphatic carbocycles. The third kappa shape index (κ3) is 4.65. The second-order valence-electron chi connectivity index (χ2n) is 2.41. The summed E-state index contributed by atoms with van der Waals surface area (Å²) in [5.41, 5.74) is 0.482. The highest BCUT2D eigenvalue weighted by atomic mass is 16.7. The molecule has 4 heteroatoms. The van der Waals surface area contributed by atoms with E-state index in [1.807, 2.05) is 0 Å². The van der Waals surface area contributed by atoms with E-state index in [-0.39, 0.29) is 5.97 Å². The average molecular weight is 188 g/mol. The van der Waals surface area contributed by atoms with E-state index in [1.165, 1.54) is 14.2 Å². The number of esters is 1. The Kier molecular flexibility index (Phi) is 6.18. The Morgan fingerprint density at radius 1 is 1.38 bits per heavy atom. The highest BCUT2D eigenvalue weighted by Crippen LogP contribution is 2.02. The minimum atomic E-state index is -0.496. The van der Waals surface area contributed by atoms with Gasteiger partial charge in [0.05, 0.1) is 6.61 Å². The molecule has 0 aromatic heterocycles. The number of carbonyl (C=O) groups is 1. The van der Waals surface area contributed by atoms with Gasteiger partial charge in [0.25, 0.3) is 0 Å². The maximum Gasteiger partial charge on any atom is 0.333 e. The van der Waals surface area contributed by atoms with Crippen molar-refractivity contribution in [2.75, 3.05) is 20.8 Å². The first kappa shape index (κ1) is 12.1.